The second-order valence-electron chi connectivity index (χ2n) is 4.89. The third kappa shape index (κ3) is 2.40. The number of rotatable bonds is 3. The highest BCUT2D eigenvalue weighted by Gasteiger charge is 2.31. The number of nitrogens with zero attached hydrogens (tertiary/aromatic N) is 3. The van der Waals surface area contributed by atoms with Crippen molar-refractivity contribution in [3.8, 4) is 0 Å². The van der Waals surface area contributed by atoms with Gasteiger partial charge in [-0.2, -0.15) is 0 Å². The highest BCUT2D eigenvalue weighted by Crippen LogP contribution is 2.30. The standard InChI is InChI=1S/C15H16N4O/c16-15(20)14-12-5-2-1-4-11(12)6-9-19(14)10-13-17-7-3-8-18-13/h1-5,7-8,14H,6,9-10H2,(H2,16,20). The lowest BCUT2D eigenvalue weighted by molar-refractivity contribution is -0.124. The summed E-state index contributed by atoms with van der Waals surface area (Å²) in [5, 5.41) is 0. The van der Waals surface area contributed by atoms with Gasteiger partial charge in [0, 0.05) is 18.9 Å². The van der Waals surface area contributed by atoms with E-state index in [0.29, 0.717) is 12.4 Å². The van der Waals surface area contributed by atoms with Crippen LogP contribution in [0.15, 0.2) is 42.7 Å². The van der Waals surface area contributed by atoms with Crippen LogP contribution in [0, 0.1) is 0 Å². The third-order valence-corrected chi connectivity index (χ3v) is 3.62. The molecule has 2 aromatic rings. The Hall–Kier alpha value is -2.27. The maximum atomic E-state index is 11.9. The van der Waals surface area contributed by atoms with Crippen molar-refractivity contribution in [2.45, 2.75) is 19.0 Å². The van der Waals surface area contributed by atoms with Crippen LogP contribution in [0.4, 0.5) is 0 Å². The number of benzene rings is 1. The zero-order chi connectivity index (χ0) is 13.9. The molecule has 1 unspecified atom stereocenters. The number of amides is 1. The SMILES string of the molecule is NC(=O)C1c2ccccc2CCN1Cc1ncccn1. The second kappa shape index (κ2) is 5.38. The van der Waals surface area contributed by atoms with Crippen molar-refractivity contribution in [1.29, 1.82) is 0 Å². The normalized spacial score (nSPS) is 18.5. The van der Waals surface area contributed by atoms with E-state index in [4.69, 9.17) is 5.73 Å². The summed E-state index contributed by atoms with van der Waals surface area (Å²) >= 11 is 0. The van der Waals surface area contributed by atoms with Gasteiger partial charge in [0.25, 0.3) is 0 Å². The summed E-state index contributed by atoms with van der Waals surface area (Å²) in [7, 11) is 0. The van der Waals surface area contributed by atoms with Gasteiger partial charge in [-0.1, -0.05) is 24.3 Å². The van der Waals surface area contributed by atoms with Crippen molar-refractivity contribution >= 4 is 5.91 Å². The van der Waals surface area contributed by atoms with Crippen LogP contribution >= 0.6 is 0 Å². The molecule has 0 saturated heterocycles. The molecule has 1 atom stereocenters. The molecule has 1 aromatic heterocycles. The molecule has 2 N–H and O–H groups in total. The van der Waals surface area contributed by atoms with Crippen LogP contribution in [-0.2, 0) is 17.8 Å². The van der Waals surface area contributed by atoms with E-state index < -0.39 is 6.04 Å². The van der Waals surface area contributed by atoms with Crippen LogP contribution in [0.25, 0.3) is 0 Å². The van der Waals surface area contributed by atoms with Crippen LogP contribution in [0.3, 0.4) is 0 Å². The highest BCUT2D eigenvalue weighted by atomic mass is 16.1. The number of hydrogen-bond donors (Lipinski definition) is 1. The maximum absolute atomic E-state index is 11.9. The van der Waals surface area contributed by atoms with Crippen molar-refractivity contribution in [2.24, 2.45) is 5.73 Å². The number of fused-ring (bicyclic) bond motifs is 1. The smallest absolute Gasteiger partial charge is 0.239 e. The Morgan fingerprint density at radius 3 is 2.75 bits per heavy atom. The number of primary amides is 1. The van der Waals surface area contributed by atoms with E-state index in [2.05, 4.69) is 16.0 Å². The van der Waals surface area contributed by atoms with Crippen molar-refractivity contribution in [3.05, 3.63) is 59.7 Å². The first-order valence-electron chi connectivity index (χ1n) is 6.63. The molecule has 5 nitrogen and oxygen atoms in total. The van der Waals surface area contributed by atoms with E-state index in [9.17, 15) is 4.79 Å². The first-order chi connectivity index (χ1) is 9.75. The van der Waals surface area contributed by atoms with Crippen molar-refractivity contribution in [1.82, 2.24) is 14.9 Å². The van der Waals surface area contributed by atoms with E-state index >= 15 is 0 Å². The lowest BCUT2D eigenvalue weighted by Crippen LogP contribution is -2.42. The fourth-order valence-electron chi connectivity index (χ4n) is 2.72. The Balaban J connectivity index is 1.91. The van der Waals surface area contributed by atoms with E-state index in [0.717, 1.165) is 18.5 Å². The Morgan fingerprint density at radius 1 is 1.25 bits per heavy atom. The molecular weight excluding hydrogens is 252 g/mol. The van der Waals surface area contributed by atoms with Crippen molar-refractivity contribution in [3.63, 3.8) is 0 Å². The molecule has 1 amide bonds. The molecule has 5 heteroatoms. The summed E-state index contributed by atoms with van der Waals surface area (Å²) in [5.41, 5.74) is 7.80. The molecule has 1 aromatic carbocycles. The van der Waals surface area contributed by atoms with Gasteiger partial charge in [0.1, 0.15) is 11.9 Å². The molecule has 0 saturated carbocycles. The predicted molar refractivity (Wildman–Crippen MR) is 74.5 cm³/mol. The molecule has 20 heavy (non-hydrogen) atoms. The molecular formula is C15H16N4O. The molecule has 0 fully saturated rings. The van der Waals surface area contributed by atoms with E-state index in [1.54, 1.807) is 18.5 Å². The van der Waals surface area contributed by atoms with Crippen molar-refractivity contribution < 1.29 is 4.79 Å². The van der Waals surface area contributed by atoms with Crippen molar-refractivity contribution in [2.75, 3.05) is 6.54 Å². The molecule has 1 aliphatic rings. The van der Waals surface area contributed by atoms with Gasteiger partial charge in [0.15, 0.2) is 0 Å². The fourth-order valence-corrected chi connectivity index (χ4v) is 2.72. The van der Waals surface area contributed by atoms with Crippen LogP contribution in [0.2, 0.25) is 0 Å². The molecule has 3 rings (SSSR count). The molecule has 1 aliphatic heterocycles. The number of aromatic nitrogens is 2. The molecule has 0 bridgehead atoms. The van der Waals surface area contributed by atoms with Gasteiger partial charge < -0.3 is 5.73 Å². The summed E-state index contributed by atoms with van der Waals surface area (Å²) in [6, 6.07) is 9.35. The van der Waals surface area contributed by atoms with Gasteiger partial charge in [0.2, 0.25) is 5.91 Å². The number of carbonyl (C=O) groups excluding carboxylic acids is 1. The maximum Gasteiger partial charge on any atom is 0.239 e. The van der Waals surface area contributed by atoms with Gasteiger partial charge in [-0.3, -0.25) is 9.69 Å². The average molecular weight is 268 g/mol. The Morgan fingerprint density at radius 2 is 2.00 bits per heavy atom. The van der Waals surface area contributed by atoms with Gasteiger partial charge in [0.05, 0.1) is 6.54 Å². The second-order valence-corrected chi connectivity index (χ2v) is 4.89. The quantitative estimate of drug-likeness (QED) is 0.903. The zero-order valence-corrected chi connectivity index (χ0v) is 11.1. The largest absolute Gasteiger partial charge is 0.368 e. The highest BCUT2D eigenvalue weighted by molar-refractivity contribution is 5.82. The van der Waals surface area contributed by atoms with E-state index in [1.165, 1.54) is 5.56 Å². The summed E-state index contributed by atoms with van der Waals surface area (Å²) in [5.74, 6) is 0.381. The van der Waals surface area contributed by atoms with Gasteiger partial charge in [-0.05, 0) is 23.6 Å². The number of hydrogen-bond acceptors (Lipinski definition) is 4. The number of carbonyl (C=O) groups is 1. The van der Waals surface area contributed by atoms with Crippen LogP contribution in [0.1, 0.15) is 23.0 Å². The Bertz CT molecular complexity index is 614. The van der Waals surface area contributed by atoms with Crippen LogP contribution in [0.5, 0.6) is 0 Å². The topological polar surface area (TPSA) is 72.1 Å². The van der Waals surface area contributed by atoms with Gasteiger partial charge >= 0.3 is 0 Å². The molecule has 0 radical (unpaired) electrons. The Kier molecular flexibility index (Phi) is 3.43. The minimum absolute atomic E-state index is 0.326. The molecule has 102 valence electrons. The number of nitrogens with two attached hydrogens (primary N) is 1. The lowest BCUT2D eigenvalue weighted by atomic mass is 9.92. The Labute approximate surface area is 117 Å². The monoisotopic (exact) mass is 268 g/mol. The molecule has 0 spiro atoms. The zero-order valence-electron chi connectivity index (χ0n) is 11.1. The first-order valence-corrected chi connectivity index (χ1v) is 6.63. The minimum Gasteiger partial charge on any atom is -0.368 e. The van der Waals surface area contributed by atoms with Crippen LogP contribution < -0.4 is 5.73 Å². The first kappa shape index (κ1) is 12.7. The molecule has 0 aliphatic carbocycles. The third-order valence-electron chi connectivity index (χ3n) is 3.62. The predicted octanol–water partition coefficient (Wildman–Crippen LogP) is 1.06. The van der Waals surface area contributed by atoms with E-state index in [-0.39, 0.29) is 5.91 Å². The fraction of sp³-hybridized carbons (Fsp3) is 0.267. The van der Waals surface area contributed by atoms with E-state index in [1.807, 2.05) is 23.1 Å². The summed E-state index contributed by atoms with van der Waals surface area (Å²) in [4.78, 5) is 22.3. The minimum atomic E-state index is -0.399. The summed E-state index contributed by atoms with van der Waals surface area (Å²) in [6.45, 7) is 1.31. The summed E-state index contributed by atoms with van der Waals surface area (Å²) < 4.78 is 0. The average Bonchev–Trinajstić information content (AvgIpc) is 2.47. The molecule has 2 heterocycles. The van der Waals surface area contributed by atoms with Crippen LogP contribution in [-0.4, -0.2) is 27.3 Å². The lowest BCUT2D eigenvalue weighted by Gasteiger charge is -2.34. The van der Waals surface area contributed by atoms with Gasteiger partial charge in [-0.25, -0.2) is 9.97 Å². The van der Waals surface area contributed by atoms with Gasteiger partial charge in [-0.15, -0.1) is 0 Å². The summed E-state index contributed by atoms with van der Waals surface area (Å²) in [6.07, 6.45) is 4.33.